The van der Waals surface area contributed by atoms with E-state index in [-0.39, 0.29) is 5.91 Å². The number of aromatic nitrogens is 4. The molecule has 7 heteroatoms. The standard InChI is InChI=1S/C22H22N6O/c1-15-8-10-19(16(2)12-15)28-22-18(13-25-28)21(23-14-24-22)27-26-20(29)11-9-17-6-4-3-5-7-17/h3-8,10,12-14H,9,11H2,1-2H3,(H,26,29)(H,23,24,27). The van der Waals surface area contributed by atoms with Crippen molar-refractivity contribution in [2.75, 3.05) is 5.43 Å². The Kier molecular flexibility index (Phi) is 5.20. The van der Waals surface area contributed by atoms with Crippen molar-refractivity contribution >= 4 is 22.8 Å². The van der Waals surface area contributed by atoms with Crippen LogP contribution in [0.4, 0.5) is 5.82 Å². The van der Waals surface area contributed by atoms with Gasteiger partial charge >= 0.3 is 0 Å². The van der Waals surface area contributed by atoms with Gasteiger partial charge in [0.2, 0.25) is 5.91 Å². The number of nitrogens with zero attached hydrogens (tertiary/aromatic N) is 4. The minimum Gasteiger partial charge on any atom is -0.281 e. The molecule has 0 fully saturated rings. The zero-order chi connectivity index (χ0) is 20.2. The van der Waals surface area contributed by atoms with Gasteiger partial charge < -0.3 is 0 Å². The number of benzene rings is 2. The van der Waals surface area contributed by atoms with E-state index in [1.165, 1.54) is 11.9 Å². The molecule has 0 aliphatic heterocycles. The highest BCUT2D eigenvalue weighted by atomic mass is 16.2. The summed E-state index contributed by atoms with van der Waals surface area (Å²) in [6, 6.07) is 16.1. The smallest absolute Gasteiger partial charge is 0.238 e. The molecular formula is C22H22N6O. The van der Waals surface area contributed by atoms with Crippen LogP contribution in [-0.4, -0.2) is 25.7 Å². The average Bonchev–Trinajstić information content (AvgIpc) is 3.16. The molecule has 0 saturated carbocycles. The van der Waals surface area contributed by atoms with Crippen LogP contribution >= 0.6 is 0 Å². The Morgan fingerprint density at radius 3 is 2.69 bits per heavy atom. The molecule has 1 amide bonds. The van der Waals surface area contributed by atoms with Crippen LogP contribution in [0.5, 0.6) is 0 Å². The summed E-state index contributed by atoms with van der Waals surface area (Å²) in [5, 5.41) is 5.21. The fraction of sp³-hybridized carbons (Fsp3) is 0.182. The van der Waals surface area contributed by atoms with Gasteiger partial charge in [-0.2, -0.15) is 5.10 Å². The number of hydrogen-bond acceptors (Lipinski definition) is 5. The second kappa shape index (κ2) is 8.10. The zero-order valence-electron chi connectivity index (χ0n) is 16.4. The van der Waals surface area contributed by atoms with Gasteiger partial charge in [-0.05, 0) is 37.5 Å². The summed E-state index contributed by atoms with van der Waals surface area (Å²) < 4.78 is 1.79. The monoisotopic (exact) mass is 386 g/mol. The Labute approximate surface area is 168 Å². The lowest BCUT2D eigenvalue weighted by atomic mass is 10.1. The first-order chi connectivity index (χ1) is 14.1. The molecular weight excluding hydrogens is 364 g/mol. The summed E-state index contributed by atoms with van der Waals surface area (Å²) in [4.78, 5) is 20.8. The summed E-state index contributed by atoms with van der Waals surface area (Å²) in [5.41, 5.74) is 10.7. The molecule has 2 aromatic carbocycles. The number of hydrazine groups is 1. The third kappa shape index (κ3) is 4.08. The number of rotatable bonds is 6. The van der Waals surface area contributed by atoms with Gasteiger partial charge in [0.05, 0.1) is 17.3 Å². The van der Waals surface area contributed by atoms with Crippen LogP contribution in [0.1, 0.15) is 23.1 Å². The summed E-state index contributed by atoms with van der Waals surface area (Å²) in [7, 11) is 0. The predicted molar refractivity (Wildman–Crippen MR) is 113 cm³/mol. The zero-order valence-corrected chi connectivity index (χ0v) is 16.4. The minimum absolute atomic E-state index is 0.109. The number of amides is 1. The Balaban J connectivity index is 1.49. The van der Waals surface area contributed by atoms with Gasteiger partial charge in [0, 0.05) is 6.42 Å². The van der Waals surface area contributed by atoms with Crippen LogP contribution in [0.3, 0.4) is 0 Å². The van der Waals surface area contributed by atoms with Gasteiger partial charge in [-0.15, -0.1) is 0 Å². The maximum atomic E-state index is 12.2. The Morgan fingerprint density at radius 2 is 1.90 bits per heavy atom. The second-order valence-electron chi connectivity index (χ2n) is 6.96. The average molecular weight is 386 g/mol. The van der Waals surface area contributed by atoms with E-state index in [4.69, 9.17) is 0 Å². The predicted octanol–water partition coefficient (Wildman–Crippen LogP) is 3.51. The third-order valence-electron chi connectivity index (χ3n) is 4.75. The quantitative estimate of drug-likeness (QED) is 0.496. The van der Waals surface area contributed by atoms with Crippen molar-refractivity contribution in [1.82, 2.24) is 25.2 Å². The lowest BCUT2D eigenvalue weighted by molar-refractivity contribution is -0.120. The molecule has 146 valence electrons. The maximum absolute atomic E-state index is 12.2. The molecule has 2 aromatic heterocycles. The molecule has 4 aromatic rings. The highest BCUT2D eigenvalue weighted by molar-refractivity contribution is 5.88. The largest absolute Gasteiger partial charge is 0.281 e. The van der Waals surface area contributed by atoms with Crippen molar-refractivity contribution in [3.63, 3.8) is 0 Å². The fourth-order valence-electron chi connectivity index (χ4n) is 3.26. The van der Waals surface area contributed by atoms with E-state index in [1.54, 1.807) is 10.9 Å². The van der Waals surface area contributed by atoms with Crippen LogP contribution in [0, 0.1) is 13.8 Å². The topological polar surface area (TPSA) is 84.7 Å². The Hall–Kier alpha value is -3.74. The van der Waals surface area contributed by atoms with Crippen LogP contribution in [0.2, 0.25) is 0 Å². The normalized spacial score (nSPS) is 10.8. The number of nitrogens with one attached hydrogen (secondary N) is 2. The molecule has 7 nitrogen and oxygen atoms in total. The van der Waals surface area contributed by atoms with Crippen molar-refractivity contribution < 1.29 is 4.79 Å². The molecule has 0 bridgehead atoms. The lowest BCUT2D eigenvalue weighted by Crippen LogP contribution is -2.30. The molecule has 0 unspecified atom stereocenters. The van der Waals surface area contributed by atoms with Gasteiger partial charge in [-0.3, -0.25) is 15.6 Å². The van der Waals surface area contributed by atoms with Crippen LogP contribution in [-0.2, 0) is 11.2 Å². The van der Waals surface area contributed by atoms with Crippen molar-refractivity contribution in [3.8, 4) is 5.69 Å². The molecule has 0 aliphatic carbocycles. The minimum atomic E-state index is -0.109. The Morgan fingerprint density at radius 1 is 1.07 bits per heavy atom. The number of carbonyl (C=O) groups is 1. The van der Waals surface area contributed by atoms with E-state index in [9.17, 15) is 4.79 Å². The number of aryl methyl sites for hydroxylation is 3. The van der Waals surface area contributed by atoms with Gasteiger partial charge in [0.15, 0.2) is 11.5 Å². The van der Waals surface area contributed by atoms with Gasteiger partial charge in [0.25, 0.3) is 0 Å². The van der Waals surface area contributed by atoms with E-state index < -0.39 is 0 Å². The summed E-state index contributed by atoms with van der Waals surface area (Å²) in [6.45, 7) is 4.10. The van der Waals surface area contributed by atoms with E-state index >= 15 is 0 Å². The molecule has 0 saturated heterocycles. The van der Waals surface area contributed by atoms with Crippen LogP contribution < -0.4 is 10.9 Å². The van der Waals surface area contributed by atoms with E-state index in [0.29, 0.717) is 24.3 Å². The maximum Gasteiger partial charge on any atom is 0.238 e. The molecule has 0 spiro atoms. The highest BCUT2D eigenvalue weighted by Crippen LogP contribution is 2.23. The number of anilines is 1. The van der Waals surface area contributed by atoms with E-state index in [0.717, 1.165) is 22.2 Å². The molecule has 2 heterocycles. The molecule has 2 N–H and O–H groups in total. The number of fused-ring (bicyclic) bond motifs is 1. The van der Waals surface area contributed by atoms with Crippen LogP contribution in [0.15, 0.2) is 61.1 Å². The first kappa shape index (κ1) is 18.6. The fourth-order valence-corrected chi connectivity index (χ4v) is 3.26. The van der Waals surface area contributed by atoms with Gasteiger partial charge in [-0.1, -0.05) is 48.0 Å². The van der Waals surface area contributed by atoms with Crippen molar-refractivity contribution in [2.24, 2.45) is 0 Å². The number of hydrogen-bond donors (Lipinski definition) is 2. The highest BCUT2D eigenvalue weighted by Gasteiger charge is 2.13. The molecule has 0 aliphatic rings. The summed E-state index contributed by atoms with van der Waals surface area (Å²) in [6.07, 6.45) is 4.22. The summed E-state index contributed by atoms with van der Waals surface area (Å²) in [5.74, 6) is 0.404. The number of carbonyl (C=O) groups excluding carboxylic acids is 1. The first-order valence-corrected chi connectivity index (χ1v) is 9.47. The van der Waals surface area contributed by atoms with Crippen LogP contribution in [0.25, 0.3) is 16.7 Å². The SMILES string of the molecule is Cc1ccc(-n2ncc3c(NNC(=O)CCc4ccccc4)ncnc32)c(C)c1. The van der Waals surface area contributed by atoms with Crippen molar-refractivity contribution in [2.45, 2.75) is 26.7 Å². The molecule has 4 rings (SSSR count). The van der Waals surface area contributed by atoms with Gasteiger partial charge in [0.1, 0.15) is 6.33 Å². The first-order valence-electron chi connectivity index (χ1n) is 9.47. The van der Waals surface area contributed by atoms with Crippen molar-refractivity contribution in [3.05, 3.63) is 77.7 Å². The van der Waals surface area contributed by atoms with E-state index in [1.807, 2.05) is 49.4 Å². The third-order valence-corrected chi connectivity index (χ3v) is 4.75. The second-order valence-corrected chi connectivity index (χ2v) is 6.96. The molecule has 29 heavy (non-hydrogen) atoms. The Bertz CT molecular complexity index is 1150. The lowest BCUT2D eigenvalue weighted by Gasteiger charge is -2.10. The summed E-state index contributed by atoms with van der Waals surface area (Å²) >= 11 is 0. The van der Waals surface area contributed by atoms with E-state index in [2.05, 4.69) is 38.9 Å². The molecule has 0 atom stereocenters. The van der Waals surface area contributed by atoms with Crippen molar-refractivity contribution in [1.29, 1.82) is 0 Å². The van der Waals surface area contributed by atoms with Gasteiger partial charge in [-0.25, -0.2) is 14.6 Å². The molecule has 0 radical (unpaired) electrons.